The third-order valence-corrected chi connectivity index (χ3v) is 11.0. The van der Waals surface area contributed by atoms with E-state index in [1.807, 2.05) is 0 Å². The molecular weight excluding hydrogens is 718 g/mol. The summed E-state index contributed by atoms with van der Waals surface area (Å²) in [7, 11) is 1.07. The lowest BCUT2D eigenvalue weighted by Gasteiger charge is -2.39. The van der Waals surface area contributed by atoms with Gasteiger partial charge in [-0.3, -0.25) is 19.2 Å². The lowest BCUT2D eigenvalue weighted by atomic mass is 9.75. The van der Waals surface area contributed by atoms with Crippen LogP contribution in [0, 0.1) is 30.6 Å². The van der Waals surface area contributed by atoms with Gasteiger partial charge in [-0.05, 0) is 65.0 Å². The summed E-state index contributed by atoms with van der Waals surface area (Å²) in [6.07, 6.45) is -2.97. The summed E-state index contributed by atoms with van der Waals surface area (Å²) in [4.78, 5) is 53.1. The number of phenols is 1. The lowest BCUT2D eigenvalue weighted by Crippen LogP contribution is -2.53. The maximum absolute atomic E-state index is 14.0. The molecule has 5 rings (SSSR count). The van der Waals surface area contributed by atoms with Gasteiger partial charge in [-0.15, -0.1) is 0 Å². The van der Waals surface area contributed by atoms with E-state index in [-0.39, 0.29) is 68.4 Å². The van der Waals surface area contributed by atoms with Crippen molar-refractivity contribution in [3.63, 3.8) is 0 Å². The standard InChI is InChI=1S/C40H53NO14/c1-16-12-11-13-17(2)38(49)41-28-19(4)36(55-23(8)42)24-25(33(28)47)31(45)21(6)35-26(24)34(53-15-54-35)18(3)14-40(9,51)37(48)22(7)32(46)27(39(50)52-10)30(44)20(5)29(16)43/h13-14,16,20,22,27,29-30,32,37,43-44,46-48,51H,11-12,15H2,1-10H3,(H,41,49). The van der Waals surface area contributed by atoms with Gasteiger partial charge < -0.3 is 54.9 Å². The Morgan fingerprint density at radius 3 is 2.11 bits per heavy atom. The molecule has 1 amide bonds. The summed E-state index contributed by atoms with van der Waals surface area (Å²) in [5, 5.41) is 71.9. The summed E-state index contributed by atoms with van der Waals surface area (Å²) in [6.45, 7) is 12.6. The Hall–Kier alpha value is -4.54. The van der Waals surface area contributed by atoms with Gasteiger partial charge in [0.2, 0.25) is 6.79 Å². The Morgan fingerprint density at radius 1 is 0.909 bits per heavy atom. The number of esters is 2. The second-order valence-corrected chi connectivity index (χ2v) is 15.0. The maximum Gasteiger partial charge on any atom is 0.313 e. The van der Waals surface area contributed by atoms with Crippen molar-refractivity contribution < 1.29 is 68.8 Å². The second-order valence-electron chi connectivity index (χ2n) is 15.0. The van der Waals surface area contributed by atoms with Crippen LogP contribution in [0.4, 0.5) is 5.69 Å². The number of carbonyl (C=O) groups excluding carboxylic acids is 4. The summed E-state index contributed by atoms with van der Waals surface area (Å²) in [6, 6.07) is 0. The van der Waals surface area contributed by atoms with Crippen LogP contribution >= 0.6 is 0 Å². The van der Waals surface area contributed by atoms with Gasteiger partial charge in [-0.1, -0.05) is 26.8 Å². The molecule has 4 bridgehead atoms. The Bertz CT molecular complexity index is 1870. The SMILES string of the molecule is COC(=O)C1C(O)C(C)C(O)C(C)CCC=C(C)C(=O)Nc2c(C)c(OC(C)=O)c3c(c2O)C(=O)C(C)=C2OCOC(=C23)C(C)=CC(C)(O)C(O)C(C)C1O. The molecule has 1 aliphatic carbocycles. The quantitative estimate of drug-likeness (QED) is 0.130. The van der Waals surface area contributed by atoms with Gasteiger partial charge >= 0.3 is 11.9 Å². The number of aliphatic hydroxyl groups is 5. The van der Waals surface area contributed by atoms with Crippen molar-refractivity contribution in [2.45, 2.75) is 105 Å². The largest absolute Gasteiger partial charge is 0.505 e. The first-order chi connectivity index (χ1) is 25.6. The van der Waals surface area contributed by atoms with E-state index in [9.17, 15) is 49.8 Å². The molecule has 0 spiro atoms. The molecule has 55 heavy (non-hydrogen) atoms. The number of amides is 1. The first-order valence-electron chi connectivity index (χ1n) is 18.1. The number of hydrogen-bond acceptors (Lipinski definition) is 14. The van der Waals surface area contributed by atoms with Crippen molar-refractivity contribution in [3.05, 3.63) is 57.1 Å². The zero-order chi connectivity index (χ0) is 41.4. The van der Waals surface area contributed by atoms with E-state index in [2.05, 4.69) is 5.32 Å². The summed E-state index contributed by atoms with van der Waals surface area (Å²) in [5.41, 5.74) is -2.15. The Morgan fingerprint density at radius 2 is 1.51 bits per heavy atom. The minimum absolute atomic E-state index is 0.0102. The molecule has 0 aromatic heterocycles. The number of phenolic OH excluding ortho intramolecular Hbond substituents is 1. The van der Waals surface area contributed by atoms with E-state index < -0.39 is 89.9 Å². The van der Waals surface area contributed by atoms with Crippen LogP contribution < -0.4 is 10.1 Å². The monoisotopic (exact) mass is 771 g/mol. The predicted octanol–water partition coefficient (Wildman–Crippen LogP) is 3.33. The van der Waals surface area contributed by atoms with E-state index in [0.717, 1.165) is 14.0 Å². The van der Waals surface area contributed by atoms with Crippen LogP contribution in [-0.2, 0) is 28.6 Å². The fourth-order valence-corrected chi connectivity index (χ4v) is 7.58. The van der Waals surface area contributed by atoms with Crippen molar-refractivity contribution >= 4 is 34.9 Å². The number of methoxy groups -OCH3 is 1. The molecule has 0 saturated heterocycles. The minimum Gasteiger partial charge on any atom is -0.505 e. The van der Waals surface area contributed by atoms with Crippen molar-refractivity contribution in [1.82, 2.24) is 0 Å². The first-order valence-corrected chi connectivity index (χ1v) is 18.1. The summed E-state index contributed by atoms with van der Waals surface area (Å²) in [5.74, 6) is -8.27. The van der Waals surface area contributed by atoms with Gasteiger partial charge in [0.15, 0.2) is 11.5 Å². The van der Waals surface area contributed by atoms with Crippen molar-refractivity contribution in [2.75, 3.05) is 19.2 Å². The molecule has 4 aliphatic rings. The average Bonchev–Trinajstić information content (AvgIpc) is 3.13. The number of aromatic hydroxyl groups is 1. The normalized spacial score (nSPS) is 31.1. The number of fused-ring (bicyclic) bond motifs is 15. The molecule has 9 unspecified atom stereocenters. The van der Waals surface area contributed by atoms with E-state index in [0.29, 0.717) is 6.42 Å². The van der Waals surface area contributed by atoms with Crippen LogP contribution in [0.2, 0.25) is 0 Å². The Labute approximate surface area is 319 Å². The molecule has 1 aromatic carbocycles. The van der Waals surface area contributed by atoms with Crippen LogP contribution in [0.1, 0.15) is 89.7 Å². The molecule has 0 saturated carbocycles. The third-order valence-electron chi connectivity index (χ3n) is 11.0. The number of ketones is 1. The third kappa shape index (κ3) is 8.21. The van der Waals surface area contributed by atoms with Crippen molar-refractivity contribution in [3.8, 4) is 11.5 Å². The van der Waals surface area contributed by atoms with E-state index >= 15 is 0 Å². The van der Waals surface area contributed by atoms with E-state index in [4.69, 9.17) is 18.9 Å². The number of allylic oxidation sites excluding steroid dienone is 4. The Kier molecular flexibility index (Phi) is 13.1. The number of anilines is 1. The molecule has 0 radical (unpaired) electrons. The topological polar surface area (TPSA) is 239 Å². The van der Waals surface area contributed by atoms with Gasteiger partial charge in [-0.25, -0.2) is 0 Å². The van der Waals surface area contributed by atoms with Gasteiger partial charge in [0.05, 0.1) is 48.3 Å². The fraction of sp³-hybridized carbons (Fsp3) is 0.550. The van der Waals surface area contributed by atoms with Crippen LogP contribution in [0.25, 0.3) is 5.57 Å². The second kappa shape index (κ2) is 16.7. The summed E-state index contributed by atoms with van der Waals surface area (Å²) >= 11 is 0. The number of ether oxygens (including phenoxy) is 4. The molecule has 302 valence electrons. The lowest BCUT2D eigenvalue weighted by molar-refractivity contribution is -0.168. The number of rotatable bonds is 2. The zero-order valence-electron chi connectivity index (χ0n) is 32.8. The highest BCUT2D eigenvalue weighted by molar-refractivity contribution is 6.21. The van der Waals surface area contributed by atoms with Gasteiger partial charge in [0.25, 0.3) is 5.91 Å². The molecule has 9 atom stereocenters. The smallest absolute Gasteiger partial charge is 0.313 e. The Balaban J connectivity index is 2.04. The molecule has 15 nitrogen and oxygen atoms in total. The number of hydrogen-bond donors (Lipinski definition) is 7. The highest BCUT2D eigenvalue weighted by Crippen LogP contribution is 2.53. The van der Waals surface area contributed by atoms with Crippen LogP contribution in [0.3, 0.4) is 0 Å². The van der Waals surface area contributed by atoms with Crippen LogP contribution in [0.15, 0.2) is 40.4 Å². The van der Waals surface area contributed by atoms with Gasteiger partial charge in [0.1, 0.15) is 28.8 Å². The van der Waals surface area contributed by atoms with Crippen molar-refractivity contribution in [1.29, 1.82) is 0 Å². The zero-order valence-corrected chi connectivity index (χ0v) is 32.8. The van der Waals surface area contributed by atoms with E-state index in [1.54, 1.807) is 13.0 Å². The molecule has 7 N–H and O–H groups in total. The molecule has 0 fully saturated rings. The summed E-state index contributed by atoms with van der Waals surface area (Å²) < 4.78 is 22.3. The number of nitrogens with one attached hydrogen (secondary N) is 1. The number of carbonyl (C=O) groups is 4. The average molecular weight is 772 g/mol. The van der Waals surface area contributed by atoms with Crippen molar-refractivity contribution in [2.24, 2.45) is 23.7 Å². The highest BCUT2D eigenvalue weighted by atomic mass is 16.7. The maximum atomic E-state index is 14.0. The number of aliphatic hydroxyl groups excluding tert-OH is 4. The highest BCUT2D eigenvalue weighted by Gasteiger charge is 2.47. The van der Waals surface area contributed by atoms with E-state index in [1.165, 1.54) is 54.5 Å². The molecular formula is C40H53NO14. The predicted molar refractivity (Wildman–Crippen MR) is 198 cm³/mol. The number of benzene rings is 1. The molecule has 1 aromatic rings. The molecule has 3 heterocycles. The minimum atomic E-state index is -2.16. The molecule has 3 aliphatic heterocycles. The van der Waals surface area contributed by atoms with Gasteiger partial charge in [-0.2, -0.15) is 0 Å². The molecule has 15 heteroatoms. The van der Waals surface area contributed by atoms with Crippen LogP contribution in [0.5, 0.6) is 11.5 Å². The fourth-order valence-electron chi connectivity index (χ4n) is 7.58. The first kappa shape index (κ1) is 43.2. The van der Waals surface area contributed by atoms with Crippen LogP contribution in [-0.4, -0.2) is 98.2 Å². The number of Topliss-reactive ketones (excluding diaryl/α,β-unsaturated/α-hetero) is 1. The van der Waals surface area contributed by atoms with Gasteiger partial charge in [0, 0.05) is 41.0 Å².